The van der Waals surface area contributed by atoms with Crippen molar-refractivity contribution in [3.63, 3.8) is 0 Å². The Balaban J connectivity index is 2.64. The van der Waals surface area contributed by atoms with Crippen LogP contribution in [0, 0.1) is 0 Å². The summed E-state index contributed by atoms with van der Waals surface area (Å²) in [6.07, 6.45) is 2.63. The van der Waals surface area contributed by atoms with Crippen molar-refractivity contribution in [1.29, 1.82) is 0 Å². The molecule has 1 N–H and O–H groups in total. The topological polar surface area (TPSA) is 46.3 Å². The van der Waals surface area contributed by atoms with Crippen molar-refractivity contribution < 1.29 is 9.52 Å². The summed E-state index contributed by atoms with van der Waals surface area (Å²) in [6.45, 7) is 10.8. The van der Waals surface area contributed by atoms with E-state index in [2.05, 4.69) is 39.6 Å². The Morgan fingerprint density at radius 1 is 1.41 bits per heavy atom. The molecule has 98 valence electrons. The molecule has 0 saturated carbocycles. The van der Waals surface area contributed by atoms with Gasteiger partial charge in [-0.3, -0.25) is 0 Å². The Labute approximate surface area is 108 Å². The van der Waals surface area contributed by atoms with Gasteiger partial charge in [0.25, 0.3) is 0 Å². The third-order valence-electron chi connectivity index (χ3n) is 2.58. The normalized spacial score (nSPS) is 15.9. The van der Waals surface area contributed by atoms with Crippen molar-refractivity contribution in [2.75, 3.05) is 6.61 Å². The van der Waals surface area contributed by atoms with Crippen molar-refractivity contribution in [3.05, 3.63) is 17.8 Å². The number of aliphatic hydroxyl groups excluding tert-OH is 1. The van der Waals surface area contributed by atoms with Gasteiger partial charge in [0.15, 0.2) is 0 Å². The number of hydrogen-bond donors (Lipinski definition) is 1. The average Bonchev–Trinajstić information content (AvgIpc) is 2.65. The third-order valence-corrected chi connectivity index (χ3v) is 3.89. The average molecular weight is 257 g/mol. The number of rotatable bonds is 5. The third kappa shape index (κ3) is 4.36. The van der Waals surface area contributed by atoms with Crippen molar-refractivity contribution in [1.82, 2.24) is 4.98 Å². The van der Waals surface area contributed by atoms with Gasteiger partial charge < -0.3 is 9.52 Å². The number of aliphatic hydroxyl groups is 1. The summed E-state index contributed by atoms with van der Waals surface area (Å²) in [7, 11) is 0. The standard InChI is InChI=1S/C13H23NO2S/c1-9(6-7-15)17-10(2)12-14-8-11(16-12)13(3,4)5/h8-10,15H,6-7H2,1-5H3/t9-,10-/m1/s1. The first-order chi connectivity index (χ1) is 7.84. The molecule has 0 amide bonds. The molecule has 2 atom stereocenters. The highest BCUT2D eigenvalue weighted by Crippen LogP contribution is 2.34. The second kappa shape index (κ2) is 5.91. The van der Waals surface area contributed by atoms with E-state index < -0.39 is 0 Å². The first-order valence-electron chi connectivity index (χ1n) is 6.07. The Kier molecular flexibility index (Phi) is 5.07. The Morgan fingerprint density at radius 3 is 2.53 bits per heavy atom. The zero-order chi connectivity index (χ0) is 13.1. The second-order valence-corrected chi connectivity index (χ2v) is 7.20. The largest absolute Gasteiger partial charge is 0.444 e. The van der Waals surface area contributed by atoms with Gasteiger partial charge in [0.2, 0.25) is 5.89 Å². The van der Waals surface area contributed by atoms with Gasteiger partial charge in [0.1, 0.15) is 5.76 Å². The zero-order valence-electron chi connectivity index (χ0n) is 11.4. The maximum Gasteiger partial charge on any atom is 0.207 e. The van der Waals surface area contributed by atoms with Crippen LogP contribution >= 0.6 is 11.8 Å². The summed E-state index contributed by atoms with van der Waals surface area (Å²) in [5.41, 5.74) is 0.00630. The molecule has 0 unspecified atom stereocenters. The summed E-state index contributed by atoms with van der Waals surface area (Å²) in [5.74, 6) is 1.71. The summed E-state index contributed by atoms with van der Waals surface area (Å²) >= 11 is 1.78. The van der Waals surface area contributed by atoms with Gasteiger partial charge in [0.05, 0.1) is 11.4 Å². The number of nitrogens with zero attached hydrogens (tertiary/aromatic N) is 1. The molecular formula is C13H23NO2S. The highest BCUT2D eigenvalue weighted by Gasteiger charge is 2.22. The minimum atomic E-state index is 0.00630. The highest BCUT2D eigenvalue weighted by atomic mass is 32.2. The highest BCUT2D eigenvalue weighted by molar-refractivity contribution is 8.00. The molecule has 17 heavy (non-hydrogen) atoms. The predicted octanol–water partition coefficient (Wildman–Crippen LogP) is 3.54. The van der Waals surface area contributed by atoms with Crippen LogP contribution < -0.4 is 0 Å². The Hall–Kier alpha value is -0.480. The molecule has 0 bridgehead atoms. The van der Waals surface area contributed by atoms with Crippen LogP contribution in [0.4, 0.5) is 0 Å². The number of hydrogen-bond acceptors (Lipinski definition) is 4. The molecule has 1 heterocycles. The van der Waals surface area contributed by atoms with Crippen LogP contribution in [-0.4, -0.2) is 21.9 Å². The maximum absolute atomic E-state index is 8.88. The molecular weight excluding hydrogens is 234 g/mol. The summed E-state index contributed by atoms with van der Waals surface area (Å²) in [5, 5.41) is 9.52. The summed E-state index contributed by atoms with van der Waals surface area (Å²) in [6, 6.07) is 0. The van der Waals surface area contributed by atoms with Gasteiger partial charge in [-0.25, -0.2) is 4.98 Å². The summed E-state index contributed by atoms with van der Waals surface area (Å²) in [4.78, 5) is 4.35. The van der Waals surface area contributed by atoms with Gasteiger partial charge in [-0.1, -0.05) is 27.7 Å². The lowest BCUT2D eigenvalue weighted by Gasteiger charge is -2.15. The van der Waals surface area contributed by atoms with Crippen molar-refractivity contribution >= 4 is 11.8 Å². The van der Waals surface area contributed by atoms with Crippen LogP contribution in [0.5, 0.6) is 0 Å². The van der Waals surface area contributed by atoms with E-state index in [0.29, 0.717) is 5.25 Å². The lowest BCUT2D eigenvalue weighted by atomic mass is 9.94. The van der Waals surface area contributed by atoms with E-state index in [0.717, 1.165) is 18.1 Å². The molecule has 0 aliphatic heterocycles. The van der Waals surface area contributed by atoms with Crippen LogP contribution in [0.25, 0.3) is 0 Å². The predicted molar refractivity (Wildman–Crippen MR) is 72.4 cm³/mol. The Morgan fingerprint density at radius 2 is 2.06 bits per heavy atom. The molecule has 1 rings (SSSR count). The first-order valence-corrected chi connectivity index (χ1v) is 7.01. The van der Waals surface area contributed by atoms with E-state index in [1.54, 1.807) is 11.8 Å². The van der Waals surface area contributed by atoms with E-state index in [1.807, 2.05) is 6.20 Å². The van der Waals surface area contributed by atoms with Gasteiger partial charge in [-0.15, -0.1) is 11.8 Å². The van der Waals surface area contributed by atoms with Gasteiger partial charge in [-0.05, 0) is 13.3 Å². The van der Waals surface area contributed by atoms with Crippen molar-refractivity contribution in [2.45, 2.75) is 57.0 Å². The van der Waals surface area contributed by atoms with E-state index in [4.69, 9.17) is 9.52 Å². The number of thioether (sulfide) groups is 1. The Bertz CT molecular complexity index is 343. The fourth-order valence-corrected chi connectivity index (χ4v) is 2.64. The SMILES string of the molecule is C[C@H](CCO)S[C@H](C)c1ncc(C(C)(C)C)o1. The van der Waals surface area contributed by atoms with Gasteiger partial charge in [-0.2, -0.15) is 0 Å². The molecule has 0 aliphatic rings. The van der Waals surface area contributed by atoms with Crippen LogP contribution in [0.15, 0.2) is 10.6 Å². The number of aromatic nitrogens is 1. The molecule has 1 aromatic heterocycles. The maximum atomic E-state index is 8.88. The van der Waals surface area contributed by atoms with E-state index in [9.17, 15) is 0 Å². The molecule has 0 fully saturated rings. The van der Waals surface area contributed by atoms with Gasteiger partial charge >= 0.3 is 0 Å². The smallest absolute Gasteiger partial charge is 0.207 e. The first kappa shape index (κ1) is 14.6. The second-order valence-electron chi connectivity index (χ2n) is 5.41. The molecule has 0 spiro atoms. The van der Waals surface area contributed by atoms with E-state index in [1.165, 1.54) is 0 Å². The van der Waals surface area contributed by atoms with Crippen LogP contribution in [-0.2, 0) is 5.41 Å². The molecule has 0 saturated heterocycles. The molecule has 0 radical (unpaired) electrons. The lowest BCUT2D eigenvalue weighted by molar-refractivity contribution is 0.288. The fraction of sp³-hybridized carbons (Fsp3) is 0.769. The van der Waals surface area contributed by atoms with E-state index in [-0.39, 0.29) is 17.3 Å². The monoisotopic (exact) mass is 257 g/mol. The van der Waals surface area contributed by atoms with Crippen molar-refractivity contribution in [3.8, 4) is 0 Å². The van der Waals surface area contributed by atoms with Crippen LogP contribution in [0.1, 0.15) is 57.9 Å². The summed E-state index contributed by atoms with van der Waals surface area (Å²) < 4.78 is 5.79. The van der Waals surface area contributed by atoms with Crippen LogP contribution in [0.3, 0.4) is 0 Å². The molecule has 3 nitrogen and oxygen atoms in total. The fourth-order valence-electron chi connectivity index (χ4n) is 1.48. The minimum absolute atomic E-state index is 0.00630. The van der Waals surface area contributed by atoms with Crippen LogP contribution in [0.2, 0.25) is 0 Å². The molecule has 0 aliphatic carbocycles. The van der Waals surface area contributed by atoms with Crippen molar-refractivity contribution in [2.24, 2.45) is 0 Å². The quantitative estimate of drug-likeness (QED) is 0.876. The minimum Gasteiger partial charge on any atom is -0.444 e. The molecule has 1 aromatic rings. The molecule has 0 aromatic carbocycles. The zero-order valence-corrected chi connectivity index (χ0v) is 12.2. The van der Waals surface area contributed by atoms with Gasteiger partial charge in [0, 0.05) is 17.3 Å². The van der Waals surface area contributed by atoms with E-state index >= 15 is 0 Å². The number of oxazole rings is 1. The molecule has 4 heteroatoms. The lowest BCUT2D eigenvalue weighted by Crippen LogP contribution is -2.09.